The van der Waals surface area contributed by atoms with Crippen LogP contribution in [-0.2, 0) is 4.79 Å². The Morgan fingerprint density at radius 2 is 1.67 bits per heavy atom. The second-order valence-electron chi connectivity index (χ2n) is 6.71. The number of benzene rings is 3. The van der Waals surface area contributed by atoms with Crippen LogP contribution in [0.2, 0.25) is 0 Å². The van der Waals surface area contributed by atoms with Crippen LogP contribution in [0.3, 0.4) is 0 Å². The van der Waals surface area contributed by atoms with Crippen LogP contribution in [0.5, 0.6) is 0 Å². The Morgan fingerprint density at radius 1 is 0.967 bits per heavy atom. The molecule has 148 valence electrons. The van der Waals surface area contributed by atoms with Crippen LogP contribution in [0.4, 0.5) is 10.1 Å². The summed E-state index contributed by atoms with van der Waals surface area (Å²) in [6.45, 7) is 1.43. The van der Waals surface area contributed by atoms with Gasteiger partial charge < -0.3 is 5.32 Å². The molecule has 5 nitrogen and oxygen atoms in total. The summed E-state index contributed by atoms with van der Waals surface area (Å²) in [5, 5.41) is 3.18. The minimum atomic E-state index is -0.358. The molecule has 0 spiro atoms. The van der Waals surface area contributed by atoms with Gasteiger partial charge in [-0.2, -0.15) is 0 Å². The third-order valence-electron chi connectivity index (χ3n) is 4.56. The second-order valence-corrected chi connectivity index (χ2v) is 6.71. The van der Waals surface area contributed by atoms with Gasteiger partial charge in [0, 0.05) is 18.2 Å². The molecule has 0 saturated carbocycles. The van der Waals surface area contributed by atoms with Crippen molar-refractivity contribution in [2.24, 2.45) is 0 Å². The summed E-state index contributed by atoms with van der Waals surface area (Å²) in [5.41, 5.74) is 1.92. The molecule has 0 radical (unpaired) electrons. The molecule has 0 saturated heterocycles. The lowest BCUT2D eigenvalue weighted by molar-refractivity contribution is -0.114. The number of amides is 1. The van der Waals surface area contributed by atoms with E-state index in [1.54, 1.807) is 72.8 Å². The van der Waals surface area contributed by atoms with Gasteiger partial charge in [-0.05, 0) is 54.6 Å². The lowest BCUT2D eigenvalue weighted by Crippen LogP contribution is -2.22. The Bertz CT molecular complexity index is 1320. The largest absolute Gasteiger partial charge is 0.326 e. The number of rotatable bonds is 4. The molecule has 0 atom stereocenters. The Kier molecular flexibility index (Phi) is 5.22. The number of para-hydroxylation sites is 1. The summed E-state index contributed by atoms with van der Waals surface area (Å²) in [6, 6.07) is 20.3. The molecule has 0 unspecified atom stereocenters. The minimum Gasteiger partial charge on any atom is -0.326 e. The summed E-state index contributed by atoms with van der Waals surface area (Å²) in [6.07, 6.45) is 3.21. The Labute approximate surface area is 172 Å². The van der Waals surface area contributed by atoms with Crippen molar-refractivity contribution in [3.05, 3.63) is 100 Å². The van der Waals surface area contributed by atoms with E-state index in [1.165, 1.54) is 17.6 Å². The topological polar surface area (TPSA) is 64.0 Å². The van der Waals surface area contributed by atoms with Crippen LogP contribution in [-0.4, -0.2) is 15.5 Å². The van der Waals surface area contributed by atoms with Crippen molar-refractivity contribution in [2.75, 3.05) is 5.32 Å². The second kappa shape index (κ2) is 8.13. The number of nitrogens with one attached hydrogen (secondary N) is 1. The molecule has 1 heterocycles. The average molecular weight is 399 g/mol. The van der Waals surface area contributed by atoms with Gasteiger partial charge in [0.1, 0.15) is 11.6 Å². The average Bonchev–Trinajstić information content (AvgIpc) is 2.74. The van der Waals surface area contributed by atoms with Gasteiger partial charge in [-0.25, -0.2) is 9.37 Å². The van der Waals surface area contributed by atoms with Crippen LogP contribution in [0.15, 0.2) is 77.6 Å². The molecule has 4 rings (SSSR count). The predicted molar refractivity (Wildman–Crippen MR) is 117 cm³/mol. The van der Waals surface area contributed by atoms with Gasteiger partial charge in [-0.1, -0.05) is 30.3 Å². The molecular weight excluding hydrogens is 381 g/mol. The Balaban J connectivity index is 1.87. The fourth-order valence-electron chi connectivity index (χ4n) is 3.18. The van der Waals surface area contributed by atoms with Gasteiger partial charge in [0.2, 0.25) is 5.91 Å². The van der Waals surface area contributed by atoms with E-state index in [4.69, 9.17) is 0 Å². The van der Waals surface area contributed by atoms with Gasteiger partial charge >= 0.3 is 0 Å². The molecule has 1 amide bonds. The first-order valence-electron chi connectivity index (χ1n) is 9.35. The first kappa shape index (κ1) is 19.3. The fourth-order valence-corrected chi connectivity index (χ4v) is 3.18. The van der Waals surface area contributed by atoms with E-state index in [2.05, 4.69) is 10.3 Å². The van der Waals surface area contributed by atoms with Gasteiger partial charge in [-0.15, -0.1) is 0 Å². The van der Waals surface area contributed by atoms with E-state index < -0.39 is 0 Å². The monoisotopic (exact) mass is 399 g/mol. The van der Waals surface area contributed by atoms with Crippen molar-refractivity contribution in [3.63, 3.8) is 0 Å². The van der Waals surface area contributed by atoms with Crippen LogP contribution in [0.25, 0.3) is 28.7 Å². The molecular formula is C24H18FN3O2. The molecule has 4 aromatic rings. The third-order valence-corrected chi connectivity index (χ3v) is 4.56. The molecule has 30 heavy (non-hydrogen) atoms. The number of hydrogen-bond acceptors (Lipinski definition) is 3. The maximum absolute atomic E-state index is 14.0. The summed E-state index contributed by atoms with van der Waals surface area (Å²) < 4.78 is 15.5. The van der Waals surface area contributed by atoms with Crippen LogP contribution < -0.4 is 10.9 Å². The predicted octanol–water partition coefficient (Wildman–Crippen LogP) is 4.65. The lowest BCUT2D eigenvalue weighted by Gasteiger charge is -2.12. The SMILES string of the molecule is CC(=O)Nc1ccc(-n2c(/C=C\c3ccccc3F)nc3ccccc3c2=O)cc1. The molecule has 0 bridgehead atoms. The molecule has 1 aromatic heterocycles. The molecule has 0 aliphatic heterocycles. The molecule has 0 aliphatic carbocycles. The number of anilines is 1. The molecule has 3 aromatic carbocycles. The summed E-state index contributed by atoms with van der Waals surface area (Å²) in [5.74, 6) is -0.168. The summed E-state index contributed by atoms with van der Waals surface area (Å²) in [7, 11) is 0. The van der Waals surface area contributed by atoms with Crippen molar-refractivity contribution < 1.29 is 9.18 Å². The highest BCUT2D eigenvalue weighted by Gasteiger charge is 2.11. The zero-order chi connectivity index (χ0) is 21.1. The first-order valence-corrected chi connectivity index (χ1v) is 9.35. The van der Waals surface area contributed by atoms with Crippen molar-refractivity contribution in [3.8, 4) is 5.69 Å². The van der Waals surface area contributed by atoms with E-state index in [-0.39, 0.29) is 17.3 Å². The number of fused-ring (bicyclic) bond motifs is 1. The van der Waals surface area contributed by atoms with Gasteiger partial charge in [0.05, 0.1) is 16.6 Å². The highest BCUT2D eigenvalue weighted by Crippen LogP contribution is 2.18. The van der Waals surface area contributed by atoms with Crippen LogP contribution in [0, 0.1) is 5.82 Å². The number of aromatic nitrogens is 2. The van der Waals surface area contributed by atoms with Gasteiger partial charge in [0.25, 0.3) is 5.56 Å². The van der Waals surface area contributed by atoms with Gasteiger partial charge in [-0.3, -0.25) is 14.2 Å². The van der Waals surface area contributed by atoms with E-state index in [9.17, 15) is 14.0 Å². The standard InChI is InChI=1S/C24H18FN3O2/c1-16(29)26-18-11-13-19(14-12-18)28-23(15-10-17-6-2-4-8-21(17)25)27-22-9-5-3-7-20(22)24(28)30/h2-15H,1H3,(H,26,29)/b15-10-. The lowest BCUT2D eigenvalue weighted by atomic mass is 10.2. The van der Waals surface area contributed by atoms with Crippen molar-refractivity contribution in [2.45, 2.75) is 6.92 Å². The number of halogens is 1. The maximum Gasteiger partial charge on any atom is 0.266 e. The first-order chi connectivity index (χ1) is 14.5. The Hall–Kier alpha value is -4.06. The van der Waals surface area contributed by atoms with Crippen LogP contribution in [0.1, 0.15) is 18.3 Å². The maximum atomic E-state index is 14.0. The quantitative estimate of drug-likeness (QED) is 0.543. The van der Waals surface area contributed by atoms with E-state index in [0.717, 1.165) is 0 Å². The van der Waals surface area contributed by atoms with E-state index in [1.807, 2.05) is 6.07 Å². The minimum absolute atomic E-state index is 0.180. The molecule has 0 fully saturated rings. The molecule has 6 heteroatoms. The van der Waals surface area contributed by atoms with Crippen molar-refractivity contribution in [1.82, 2.24) is 9.55 Å². The van der Waals surface area contributed by atoms with Crippen molar-refractivity contribution in [1.29, 1.82) is 0 Å². The molecule has 1 N–H and O–H groups in total. The number of carbonyl (C=O) groups is 1. The Morgan fingerprint density at radius 3 is 2.40 bits per heavy atom. The zero-order valence-corrected chi connectivity index (χ0v) is 16.2. The number of carbonyl (C=O) groups excluding carboxylic acids is 1. The van der Waals surface area contributed by atoms with E-state index >= 15 is 0 Å². The number of hydrogen-bond donors (Lipinski definition) is 1. The zero-order valence-electron chi connectivity index (χ0n) is 16.2. The van der Waals surface area contributed by atoms with E-state index in [0.29, 0.717) is 33.7 Å². The third kappa shape index (κ3) is 3.89. The fraction of sp³-hybridized carbons (Fsp3) is 0.0417. The number of nitrogens with zero attached hydrogens (tertiary/aromatic N) is 2. The van der Waals surface area contributed by atoms with Gasteiger partial charge in [0.15, 0.2) is 0 Å². The van der Waals surface area contributed by atoms with Crippen LogP contribution >= 0.6 is 0 Å². The summed E-state index contributed by atoms with van der Waals surface area (Å²) >= 11 is 0. The normalized spacial score (nSPS) is 11.1. The smallest absolute Gasteiger partial charge is 0.266 e. The highest BCUT2D eigenvalue weighted by molar-refractivity contribution is 5.88. The highest BCUT2D eigenvalue weighted by atomic mass is 19.1. The molecule has 0 aliphatic rings. The van der Waals surface area contributed by atoms with Crippen molar-refractivity contribution >= 4 is 34.6 Å². The summed E-state index contributed by atoms with van der Waals surface area (Å²) in [4.78, 5) is 29.1.